The molecule has 116 valence electrons. The number of hydroxylamine groups is 2. The second-order valence-electron chi connectivity index (χ2n) is 5.52. The number of nitrogens with zero attached hydrogens (tertiary/aromatic N) is 1. The third-order valence-corrected chi connectivity index (χ3v) is 4.32. The van der Waals surface area contributed by atoms with Crippen molar-refractivity contribution in [2.24, 2.45) is 0 Å². The van der Waals surface area contributed by atoms with Crippen LogP contribution in [0.15, 0.2) is 6.07 Å². The van der Waals surface area contributed by atoms with Crippen molar-refractivity contribution in [3.8, 4) is 17.2 Å². The third-order valence-electron chi connectivity index (χ3n) is 4.32. The van der Waals surface area contributed by atoms with Gasteiger partial charge in [-0.05, 0) is 32.0 Å². The molecule has 0 radical (unpaired) electrons. The smallest absolute Gasteiger partial charge is 0.231 e. The number of likely N-dealkylation sites (N-methyl/N-ethyl adjacent to an activating group) is 1. The van der Waals surface area contributed by atoms with Crippen molar-refractivity contribution >= 4 is 0 Å². The Morgan fingerprint density at radius 1 is 1.52 bits per heavy atom. The molecule has 1 unspecified atom stereocenters. The van der Waals surface area contributed by atoms with Gasteiger partial charge in [0, 0.05) is 12.1 Å². The first-order valence-electron chi connectivity index (χ1n) is 6.97. The molecule has 2 N–H and O–H groups in total. The van der Waals surface area contributed by atoms with Gasteiger partial charge in [-0.2, -0.15) is 0 Å². The van der Waals surface area contributed by atoms with Crippen LogP contribution >= 0.6 is 0 Å². The van der Waals surface area contributed by atoms with Gasteiger partial charge in [0.2, 0.25) is 12.5 Å². The standard InChI is InChI=1S/C14H20N2O5/c1-8(16(17)18)12-11-9(4-5-15(12)2)6-10-13(14(11)19-3)21-7-20-10/h6,8,12,16-17H,4-5,7H2,1-3H3/t8-,12+/m1/s1. The lowest BCUT2D eigenvalue weighted by Crippen LogP contribution is -3.09. The Morgan fingerprint density at radius 3 is 2.95 bits per heavy atom. The molecule has 0 aromatic heterocycles. The summed E-state index contributed by atoms with van der Waals surface area (Å²) in [5.74, 6) is 1.86. The molecule has 7 heteroatoms. The minimum absolute atomic E-state index is 0.170. The van der Waals surface area contributed by atoms with Crippen molar-refractivity contribution in [1.29, 1.82) is 0 Å². The van der Waals surface area contributed by atoms with E-state index in [1.165, 1.54) is 0 Å². The second kappa shape index (κ2) is 5.34. The normalized spacial score (nSPS) is 23.6. The number of nitrogens with one attached hydrogen (secondary N) is 1. The molecule has 0 saturated carbocycles. The van der Waals surface area contributed by atoms with Gasteiger partial charge in [-0.3, -0.25) is 4.90 Å². The second-order valence-corrected chi connectivity index (χ2v) is 5.52. The highest BCUT2D eigenvalue weighted by Crippen LogP contribution is 2.49. The van der Waals surface area contributed by atoms with Gasteiger partial charge in [-0.25, -0.2) is 10.4 Å². The van der Waals surface area contributed by atoms with Crippen molar-refractivity contribution in [2.45, 2.75) is 25.4 Å². The van der Waals surface area contributed by atoms with Crippen LogP contribution in [-0.2, 0) is 6.42 Å². The predicted molar refractivity (Wildman–Crippen MR) is 73.8 cm³/mol. The van der Waals surface area contributed by atoms with Crippen molar-refractivity contribution < 1.29 is 24.6 Å². The Morgan fingerprint density at radius 2 is 2.29 bits per heavy atom. The molecule has 2 aliphatic heterocycles. The van der Waals surface area contributed by atoms with Crippen LogP contribution in [0.3, 0.4) is 0 Å². The molecule has 3 atom stereocenters. The molecule has 1 aromatic rings. The minimum atomic E-state index is -0.820. The maximum absolute atomic E-state index is 11.5. The fourth-order valence-electron chi connectivity index (χ4n) is 3.23. The zero-order valence-corrected chi connectivity index (χ0v) is 12.4. The first kappa shape index (κ1) is 14.4. The van der Waals surface area contributed by atoms with E-state index in [2.05, 4.69) is 4.90 Å². The Kier molecular flexibility index (Phi) is 3.66. The fourth-order valence-corrected chi connectivity index (χ4v) is 3.23. The maximum atomic E-state index is 11.5. The molecule has 7 nitrogen and oxygen atoms in total. The lowest BCUT2D eigenvalue weighted by Gasteiger charge is -2.39. The minimum Gasteiger partial charge on any atom is -0.600 e. The van der Waals surface area contributed by atoms with Crippen LogP contribution in [0.4, 0.5) is 0 Å². The third kappa shape index (κ3) is 2.22. The van der Waals surface area contributed by atoms with Crippen molar-refractivity contribution in [3.63, 3.8) is 0 Å². The summed E-state index contributed by atoms with van der Waals surface area (Å²) in [4.78, 5) is 2.06. The Hall–Kier alpha value is -1.54. The SMILES string of the molecule is COc1c2c(cc3c1[C@H]([C@@H](C)[NH+]([O-])O)N(C)CC3)OCO2. The molecule has 2 aliphatic rings. The van der Waals surface area contributed by atoms with Crippen molar-refractivity contribution in [2.75, 3.05) is 27.5 Å². The molecule has 0 amide bonds. The van der Waals surface area contributed by atoms with Crippen LogP contribution in [0.25, 0.3) is 0 Å². The topological polar surface area (TPSA) is 78.7 Å². The average molecular weight is 296 g/mol. The van der Waals surface area contributed by atoms with Crippen LogP contribution < -0.4 is 19.4 Å². The Bertz CT molecular complexity index is 549. The Balaban J connectivity index is 2.16. The molecule has 1 aromatic carbocycles. The molecule has 0 aliphatic carbocycles. The number of methoxy groups -OCH3 is 1. The van der Waals surface area contributed by atoms with Gasteiger partial charge in [-0.15, -0.1) is 0 Å². The number of rotatable bonds is 3. The number of quaternary nitrogens is 1. The molecule has 0 spiro atoms. The van der Waals surface area contributed by atoms with Gasteiger partial charge in [0.1, 0.15) is 6.04 Å². The van der Waals surface area contributed by atoms with E-state index >= 15 is 0 Å². The van der Waals surface area contributed by atoms with Crippen LogP contribution in [0.2, 0.25) is 0 Å². The van der Waals surface area contributed by atoms with Gasteiger partial charge < -0.3 is 19.4 Å². The van der Waals surface area contributed by atoms with E-state index in [1.54, 1.807) is 14.0 Å². The summed E-state index contributed by atoms with van der Waals surface area (Å²) in [5, 5.41) is 20.1. The zero-order valence-electron chi connectivity index (χ0n) is 12.4. The number of ether oxygens (including phenoxy) is 3. The molecular weight excluding hydrogens is 276 g/mol. The predicted octanol–water partition coefficient (Wildman–Crippen LogP) is 0.113. The highest BCUT2D eigenvalue weighted by molar-refractivity contribution is 5.62. The monoisotopic (exact) mass is 296 g/mol. The van der Waals surface area contributed by atoms with Crippen LogP contribution in [0, 0.1) is 5.21 Å². The zero-order chi connectivity index (χ0) is 15.1. The van der Waals surface area contributed by atoms with Gasteiger partial charge in [0.25, 0.3) is 0 Å². The molecule has 0 saturated heterocycles. The quantitative estimate of drug-likeness (QED) is 0.771. The van der Waals surface area contributed by atoms with Gasteiger partial charge in [-0.1, -0.05) is 0 Å². The summed E-state index contributed by atoms with van der Waals surface area (Å²) < 4.78 is 16.5. The van der Waals surface area contributed by atoms with E-state index in [1.807, 2.05) is 13.1 Å². The number of hydrogen-bond acceptors (Lipinski definition) is 6. The van der Waals surface area contributed by atoms with Crippen LogP contribution in [0.5, 0.6) is 17.2 Å². The van der Waals surface area contributed by atoms with Gasteiger partial charge in [0.05, 0.1) is 13.2 Å². The average Bonchev–Trinajstić information content (AvgIpc) is 2.92. The first-order chi connectivity index (χ1) is 10.0. The highest BCUT2D eigenvalue weighted by Gasteiger charge is 2.38. The van der Waals surface area contributed by atoms with E-state index in [4.69, 9.17) is 14.2 Å². The van der Waals surface area contributed by atoms with E-state index in [0.29, 0.717) is 17.2 Å². The molecule has 0 fully saturated rings. The molecule has 0 bridgehead atoms. The summed E-state index contributed by atoms with van der Waals surface area (Å²) >= 11 is 0. The van der Waals surface area contributed by atoms with Crippen LogP contribution in [-0.4, -0.2) is 43.6 Å². The molecular formula is C14H20N2O5. The number of fused-ring (bicyclic) bond motifs is 2. The van der Waals surface area contributed by atoms with Crippen LogP contribution in [0.1, 0.15) is 24.1 Å². The summed E-state index contributed by atoms with van der Waals surface area (Å²) in [6.07, 6.45) is 0.835. The summed E-state index contributed by atoms with van der Waals surface area (Å²) in [6, 6.07) is 1.17. The van der Waals surface area contributed by atoms with Crippen molar-refractivity contribution in [1.82, 2.24) is 4.90 Å². The van der Waals surface area contributed by atoms with E-state index in [0.717, 1.165) is 24.1 Å². The lowest BCUT2D eigenvalue weighted by molar-refractivity contribution is -1.07. The van der Waals surface area contributed by atoms with E-state index < -0.39 is 11.3 Å². The summed E-state index contributed by atoms with van der Waals surface area (Å²) in [5.41, 5.74) is 1.98. The summed E-state index contributed by atoms with van der Waals surface area (Å²) in [6.45, 7) is 2.70. The number of benzene rings is 1. The largest absolute Gasteiger partial charge is 0.600 e. The van der Waals surface area contributed by atoms with Crippen molar-refractivity contribution in [3.05, 3.63) is 22.4 Å². The Labute approximate surface area is 123 Å². The summed E-state index contributed by atoms with van der Waals surface area (Å²) in [7, 11) is 3.52. The van der Waals surface area contributed by atoms with E-state index in [-0.39, 0.29) is 12.8 Å². The van der Waals surface area contributed by atoms with E-state index in [9.17, 15) is 10.4 Å². The maximum Gasteiger partial charge on any atom is 0.231 e. The van der Waals surface area contributed by atoms with Gasteiger partial charge in [0.15, 0.2) is 11.5 Å². The molecule has 2 heterocycles. The lowest BCUT2D eigenvalue weighted by atomic mass is 9.88. The molecule has 3 rings (SSSR count). The number of hydrogen-bond donors (Lipinski definition) is 2. The first-order valence-corrected chi connectivity index (χ1v) is 6.97. The molecule has 21 heavy (non-hydrogen) atoms. The highest BCUT2D eigenvalue weighted by atomic mass is 16.8. The van der Waals surface area contributed by atoms with Gasteiger partial charge >= 0.3 is 0 Å². The fraction of sp³-hybridized carbons (Fsp3) is 0.571.